The van der Waals surface area contributed by atoms with Gasteiger partial charge >= 0.3 is 11.9 Å². The number of aliphatic hydroxyl groups excluding tert-OH is 2. The predicted molar refractivity (Wildman–Crippen MR) is 151 cm³/mol. The van der Waals surface area contributed by atoms with Crippen molar-refractivity contribution in [1.82, 2.24) is 0 Å². The third-order valence-electron chi connectivity index (χ3n) is 6.43. The maximum absolute atomic E-state index is 12.3. The molecular formula is C30H44N2O8. The summed E-state index contributed by atoms with van der Waals surface area (Å²) in [5.41, 5.74) is 15.8. The summed E-state index contributed by atoms with van der Waals surface area (Å²) in [5, 5.41) is 20.3. The molecule has 0 bridgehead atoms. The van der Waals surface area contributed by atoms with Crippen molar-refractivity contribution >= 4 is 11.9 Å². The summed E-state index contributed by atoms with van der Waals surface area (Å²) in [6.07, 6.45) is -6.06. The zero-order valence-electron chi connectivity index (χ0n) is 24.3. The van der Waals surface area contributed by atoms with E-state index in [0.29, 0.717) is 13.2 Å². The molecule has 222 valence electrons. The molecule has 0 heterocycles. The Balaban J connectivity index is 1.75. The van der Waals surface area contributed by atoms with Crippen LogP contribution in [0.25, 0.3) is 0 Å². The van der Waals surface area contributed by atoms with Gasteiger partial charge in [-0.3, -0.25) is 11.5 Å². The molecule has 0 amide bonds. The molecule has 0 radical (unpaired) electrons. The molecule has 0 saturated carbocycles. The molecule has 10 heteroatoms. The van der Waals surface area contributed by atoms with Gasteiger partial charge in [0.25, 0.3) is 0 Å². The molecule has 2 rings (SSSR count). The van der Waals surface area contributed by atoms with Crippen LogP contribution in [0.2, 0.25) is 0 Å². The molecule has 0 aliphatic carbocycles. The number of rotatable bonds is 15. The van der Waals surface area contributed by atoms with Crippen LogP contribution in [0.15, 0.2) is 36.4 Å². The Bertz CT molecular complexity index is 997. The van der Waals surface area contributed by atoms with E-state index in [9.17, 15) is 19.8 Å². The van der Waals surface area contributed by atoms with Crippen molar-refractivity contribution in [3.8, 4) is 11.5 Å². The van der Waals surface area contributed by atoms with Crippen molar-refractivity contribution in [2.24, 2.45) is 23.3 Å². The first-order valence-corrected chi connectivity index (χ1v) is 13.5. The van der Waals surface area contributed by atoms with Crippen molar-refractivity contribution < 1.29 is 38.7 Å². The van der Waals surface area contributed by atoms with E-state index >= 15 is 0 Å². The molecule has 2 aromatic carbocycles. The van der Waals surface area contributed by atoms with Gasteiger partial charge in [0, 0.05) is 12.8 Å². The Morgan fingerprint density at radius 2 is 0.975 bits per heavy atom. The van der Waals surface area contributed by atoms with E-state index in [0.717, 1.165) is 33.8 Å². The number of esters is 2. The number of ether oxygens (including phenoxy) is 4. The van der Waals surface area contributed by atoms with Gasteiger partial charge in [0.1, 0.15) is 11.5 Å². The molecule has 0 aromatic heterocycles. The van der Waals surface area contributed by atoms with Crippen LogP contribution in [0.3, 0.4) is 0 Å². The molecule has 6 atom stereocenters. The third kappa shape index (κ3) is 10.1. The predicted octanol–water partition coefficient (Wildman–Crippen LogP) is 2.81. The summed E-state index contributed by atoms with van der Waals surface area (Å²) in [5.74, 6) is -1.09. The summed E-state index contributed by atoms with van der Waals surface area (Å²) >= 11 is 0. The lowest BCUT2D eigenvalue weighted by Crippen LogP contribution is -2.46. The highest BCUT2D eigenvalue weighted by atomic mass is 16.6. The Morgan fingerprint density at radius 3 is 1.27 bits per heavy atom. The first kappa shape index (κ1) is 33.0. The van der Waals surface area contributed by atoms with Crippen LogP contribution in [-0.4, -0.2) is 60.0 Å². The molecule has 0 saturated heterocycles. The minimum absolute atomic E-state index is 0.0903. The molecule has 0 aliphatic heterocycles. The van der Waals surface area contributed by atoms with Gasteiger partial charge in [0.05, 0.1) is 13.2 Å². The summed E-state index contributed by atoms with van der Waals surface area (Å²) in [7, 11) is 0. The number of nitrogens with two attached hydrogens (primary N) is 2. The number of carbonyl (C=O) groups is 2. The van der Waals surface area contributed by atoms with Gasteiger partial charge in [-0.05, 0) is 61.8 Å². The monoisotopic (exact) mass is 560 g/mol. The molecule has 4 unspecified atom stereocenters. The normalized spacial score (nSPS) is 15.8. The first-order chi connectivity index (χ1) is 18.8. The van der Waals surface area contributed by atoms with Crippen molar-refractivity contribution in [2.45, 2.75) is 79.0 Å². The second-order valence-electron chi connectivity index (χ2n) is 10.6. The van der Waals surface area contributed by atoms with Gasteiger partial charge < -0.3 is 29.2 Å². The first-order valence-electron chi connectivity index (χ1n) is 13.5. The zero-order valence-corrected chi connectivity index (χ0v) is 24.3. The van der Waals surface area contributed by atoms with Crippen LogP contribution in [0, 0.1) is 39.5 Å². The summed E-state index contributed by atoms with van der Waals surface area (Å²) in [6, 6.07) is 11.7. The lowest BCUT2D eigenvalue weighted by molar-refractivity contribution is -0.179. The Hall–Kier alpha value is -3.18. The van der Waals surface area contributed by atoms with Crippen LogP contribution in [0.1, 0.15) is 48.9 Å². The number of para-hydroxylation sites is 2. The highest BCUT2D eigenvalue weighted by Crippen LogP contribution is 2.24. The quantitative estimate of drug-likeness (QED) is 0.188. The topological polar surface area (TPSA) is 164 Å². The Kier molecular flexibility index (Phi) is 12.9. The smallest absolute Gasteiger partial charge is 0.339 e. The average Bonchev–Trinajstić information content (AvgIpc) is 2.86. The highest BCUT2D eigenvalue weighted by molar-refractivity contribution is 5.85. The van der Waals surface area contributed by atoms with Gasteiger partial charge in [-0.25, -0.2) is 9.59 Å². The molecular weight excluding hydrogens is 516 g/mol. The van der Waals surface area contributed by atoms with Crippen molar-refractivity contribution in [3.63, 3.8) is 0 Å². The number of carbonyl (C=O) groups excluding carboxylic acids is 2. The molecule has 2 aromatic rings. The van der Waals surface area contributed by atoms with E-state index in [2.05, 4.69) is 0 Å². The molecule has 0 spiro atoms. The van der Waals surface area contributed by atoms with E-state index in [-0.39, 0.29) is 24.7 Å². The fourth-order valence-corrected chi connectivity index (χ4v) is 4.23. The summed E-state index contributed by atoms with van der Waals surface area (Å²) in [4.78, 5) is 24.6. The van der Waals surface area contributed by atoms with Gasteiger partial charge in [-0.1, -0.05) is 50.2 Å². The molecule has 10 nitrogen and oxygen atoms in total. The molecule has 40 heavy (non-hydrogen) atoms. The van der Waals surface area contributed by atoms with E-state index in [4.69, 9.17) is 30.4 Å². The number of benzene rings is 2. The van der Waals surface area contributed by atoms with E-state index < -0.39 is 36.6 Å². The highest BCUT2D eigenvalue weighted by Gasteiger charge is 2.35. The number of aliphatic hydroxyl groups is 2. The zero-order chi connectivity index (χ0) is 30.0. The fourth-order valence-electron chi connectivity index (χ4n) is 4.23. The second kappa shape index (κ2) is 15.6. The van der Waals surface area contributed by atoms with E-state index in [1.807, 2.05) is 77.9 Å². The number of hydrogen-bond acceptors (Lipinski definition) is 10. The van der Waals surface area contributed by atoms with Crippen LogP contribution in [0.5, 0.6) is 11.5 Å². The largest absolute Gasteiger partial charge is 0.493 e. The van der Waals surface area contributed by atoms with Crippen molar-refractivity contribution in [3.05, 3.63) is 58.7 Å². The Labute approximate surface area is 236 Å². The van der Waals surface area contributed by atoms with Crippen molar-refractivity contribution in [2.75, 3.05) is 13.2 Å². The van der Waals surface area contributed by atoms with Gasteiger partial charge in [0.15, 0.2) is 24.7 Å². The third-order valence-corrected chi connectivity index (χ3v) is 6.43. The second-order valence-corrected chi connectivity index (χ2v) is 10.6. The maximum Gasteiger partial charge on any atom is 0.339 e. The fraction of sp³-hybridized carbons (Fsp3) is 0.533. The SMILES string of the molecule is Cc1cccc(C)c1OC[C@H](C)CC(N)OC(=O)C(O)C(O)C(=O)OC(N)C[C@@H](C)COc1c(C)cccc1C. The molecule has 0 aliphatic rings. The summed E-state index contributed by atoms with van der Waals surface area (Å²) in [6.45, 7) is 12.2. The van der Waals surface area contributed by atoms with Crippen LogP contribution >= 0.6 is 0 Å². The van der Waals surface area contributed by atoms with Crippen LogP contribution < -0.4 is 20.9 Å². The maximum atomic E-state index is 12.3. The van der Waals surface area contributed by atoms with E-state index in [1.54, 1.807) is 0 Å². The van der Waals surface area contributed by atoms with Crippen LogP contribution in [-0.2, 0) is 19.1 Å². The molecule has 0 fully saturated rings. The van der Waals surface area contributed by atoms with E-state index in [1.165, 1.54) is 0 Å². The van der Waals surface area contributed by atoms with Crippen LogP contribution in [0.4, 0.5) is 0 Å². The number of hydrogen-bond donors (Lipinski definition) is 4. The van der Waals surface area contributed by atoms with Crippen molar-refractivity contribution in [1.29, 1.82) is 0 Å². The minimum Gasteiger partial charge on any atom is -0.493 e. The average molecular weight is 561 g/mol. The van der Waals surface area contributed by atoms with Gasteiger partial charge in [-0.2, -0.15) is 0 Å². The number of aryl methyl sites for hydroxylation is 4. The van der Waals surface area contributed by atoms with Gasteiger partial charge in [0.2, 0.25) is 0 Å². The molecule has 6 N–H and O–H groups in total. The minimum atomic E-state index is -2.18. The lowest BCUT2D eigenvalue weighted by Gasteiger charge is -2.23. The van der Waals surface area contributed by atoms with Gasteiger partial charge in [-0.15, -0.1) is 0 Å². The Morgan fingerprint density at radius 1 is 0.675 bits per heavy atom. The standard InChI is InChI=1S/C30H44N2O8/c1-17(15-37-27-19(3)9-7-10-20(27)4)13-23(31)39-29(35)25(33)26(34)30(36)40-24(32)14-18(2)16-38-28-21(5)11-8-12-22(28)6/h7-12,17-18,23-26,33-34H,13-16,31-32H2,1-6H3/t17-,18-,23?,24?,25?,26?/m1/s1. The lowest BCUT2D eigenvalue weighted by atomic mass is 10.1. The summed E-state index contributed by atoms with van der Waals surface area (Å²) < 4.78 is 21.9.